The van der Waals surface area contributed by atoms with E-state index >= 15 is 0 Å². The SMILES string of the molecule is CCOC(=O)/C=C/[C@H](C[C@@H]1CCNC1=O)NC(=O)[C@@H](NC(=O)[C@@H](NC(=O)c1ccccc1)C(C)C)c1ccccc1. The van der Waals surface area contributed by atoms with Gasteiger partial charge in [0.05, 0.1) is 6.61 Å². The molecule has 2 aromatic rings. The van der Waals surface area contributed by atoms with Crippen LogP contribution in [0.2, 0.25) is 0 Å². The molecule has 4 amide bonds. The minimum Gasteiger partial charge on any atom is -0.463 e. The molecule has 10 nitrogen and oxygen atoms in total. The van der Waals surface area contributed by atoms with Gasteiger partial charge in [0.2, 0.25) is 17.7 Å². The van der Waals surface area contributed by atoms with Gasteiger partial charge in [-0.15, -0.1) is 0 Å². The van der Waals surface area contributed by atoms with E-state index in [4.69, 9.17) is 4.74 Å². The maximum atomic E-state index is 13.7. The van der Waals surface area contributed by atoms with E-state index in [0.717, 1.165) is 0 Å². The van der Waals surface area contributed by atoms with E-state index in [1.54, 1.807) is 81.4 Å². The molecule has 0 bridgehead atoms. The Morgan fingerprint density at radius 1 is 0.951 bits per heavy atom. The van der Waals surface area contributed by atoms with Crippen molar-refractivity contribution in [2.45, 2.75) is 51.7 Å². The van der Waals surface area contributed by atoms with Gasteiger partial charge >= 0.3 is 5.97 Å². The van der Waals surface area contributed by atoms with Gasteiger partial charge in [0.25, 0.3) is 5.91 Å². The standard InChI is InChI=1S/C31H38N4O6/c1-4-41-25(36)16-15-24(19-23-17-18-32-28(23)37)33-31(40)27(21-11-7-5-8-12-21)35-30(39)26(20(2)3)34-29(38)22-13-9-6-10-14-22/h5-16,20,23-24,26-27H,4,17-19H2,1-3H3,(H,32,37)(H,33,40)(H,34,38)(H,35,39)/b16-15+/t23-,24+,26-,27-/m0/s1. The Balaban J connectivity index is 1.82. The van der Waals surface area contributed by atoms with E-state index in [9.17, 15) is 24.0 Å². The number of nitrogens with one attached hydrogen (secondary N) is 4. The van der Waals surface area contributed by atoms with Crippen LogP contribution in [0, 0.1) is 11.8 Å². The third-order valence-electron chi connectivity index (χ3n) is 6.73. The summed E-state index contributed by atoms with van der Waals surface area (Å²) < 4.78 is 4.96. The van der Waals surface area contributed by atoms with Crippen molar-refractivity contribution in [1.82, 2.24) is 21.3 Å². The lowest BCUT2D eigenvalue weighted by atomic mass is 9.97. The van der Waals surface area contributed by atoms with Crippen molar-refractivity contribution in [2.75, 3.05) is 13.2 Å². The van der Waals surface area contributed by atoms with E-state index < -0.39 is 41.8 Å². The first kappa shape index (κ1) is 31.1. The van der Waals surface area contributed by atoms with E-state index in [-0.39, 0.29) is 30.8 Å². The molecule has 1 heterocycles. The molecule has 41 heavy (non-hydrogen) atoms. The van der Waals surface area contributed by atoms with Gasteiger partial charge < -0.3 is 26.0 Å². The van der Waals surface area contributed by atoms with Crippen LogP contribution >= 0.6 is 0 Å². The molecule has 1 fully saturated rings. The van der Waals surface area contributed by atoms with Gasteiger partial charge in [-0.3, -0.25) is 19.2 Å². The van der Waals surface area contributed by atoms with E-state index in [1.165, 1.54) is 12.2 Å². The molecule has 0 aliphatic carbocycles. The van der Waals surface area contributed by atoms with E-state index in [1.807, 2.05) is 0 Å². The van der Waals surface area contributed by atoms with Crippen molar-refractivity contribution in [3.63, 3.8) is 0 Å². The summed E-state index contributed by atoms with van der Waals surface area (Å²) in [5, 5.41) is 11.2. The Hall–Kier alpha value is -4.47. The second-order valence-corrected chi connectivity index (χ2v) is 10.2. The molecule has 2 aromatic carbocycles. The first-order valence-electron chi connectivity index (χ1n) is 13.8. The predicted molar refractivity (Wildman–Crippen MR) is 153 cm³/mol. The molecule has 218 valence electrons. The fourth-order valence-corrected chi connectivity index (χ4v) is 4.54. The minimum absolute atomic E-state index is 0.115. The highest BCUT2D eigenvalue weighted by molar-refractivity contribution is 5.98. The van der Waals surface area contributed by atoms with Crippen LogP contribution in [0.1, 0.15) is 55.6 Å². The maximum absolute atomic E-state index is 13.7. The zero-order valence-electron chi connectivity index (χ0n) is 23.6. The van der Waals surface area contributed by atoms with Crippen molar-refractivity contribution >= 4 is 29.6 Å². The van der Waals surface area contributed by atoms with Gasteiger partial charge in [0, 0.05) is 30.1 Å². The molecule has 0 spiro atoms. The molecule has 1 aliphatic heterocycles. The smallest absolute Gasteiger partial charge is 0.330 e. The first-order valence-corrected chi connectivity index (χ1v) is 13.8. The molecular weight excluding hydrogens is 524 g/mol. The summed E-state index contributed by atoms with van der Waals surface area (Å²) in [6.45, 7) is 6.03. The molecule has 4 N–H and O–H groups in total. The fraction of sp³-hybridized carbons (Fsp3) is 0.387. The van der Waals surface area contributed by atoms with Crippen LogP contribution in [-0.4, -0.2) is 54.8 Å². The Bertz CT molecular complexity index is 1230. The number of amides is 4. The zero-order valence-corrected chi connectivity index (χ0v) is 23.6. The van der Waals surface area contributed by atoms with Crippen molar-refractivity contribution in [1.29, 1.82) is 0 Å². The highest BCUT2D eigenvalue weighted by Gasteiger charge is 2.32. The molecule has 4 atom stereocenters. The number of hydrogen-bond acceptors (Lipinski definition) is 6. The van der Waals surface area contributed by atoms with Crippen LogP contribution in [0.3, 0.4) is 0 Å². The Morgan fingerprint density at radius 2 is 1.61 bits per heavy atom. The number of carbonyl (C=O) groups is 5. The lowest BCUT2D eigenvalue weighted by Crippen LogP contribution is -2.53. The van der Waals surface area contributed by atoms with Crippen LogP contribution in [0.4, 0.5) is 0 Å². The highest BCUT2D eigenvalue weighted by atomic mass is 16.5. The summed E-state index contributed by atoms with van der Waals surface area (Å²) >= 11 is 0. The summed E-state index contributed by atoms with van der Waals surface area (Å²) in [4.78, 5) is 64.2. The lowest BCUT2D eigenvalue weighted by molar-refractivity contribution is -0.137. The van der Waals surface area contributed by atoms with Gasteiger partial charge in [-0.2, -0.15) is 0 Å². The average Bonchev–Trinajstić information content (AvgIpc) is 3.37. The van der Waals surface area contributed by atoms with Crippen molar-refractivity contribution < 1.29 is 28.7 Å². The molecule has 1 aliphatic rings. The van der Waals surface area contributed by atoms with E-state index in [2.05, 4.69) is 21.3 Å². The molecule has 0 unspecified atom stereocenters. The molecule has 3 rings (SSSR count). The number of esters is 1. The minimum atomic E-state index is -1.10. The van der Waals surface area contributed by atoms with Crippen LogP contribution in [0.25, 0.3) is 0 Å². The fourth-order valence-electron chi connectivity index (χ4n) is 4.54. The third kappa shape index (κ3) is 9.30. The quantitative estimate of drug-likeness (QED) is 0.218. The summed E-state index contributed by atoms with van der Waals surface area (Å²) in [6.07, 6.45) is 3.60. The zero-order chi connectivity index (χ0) is 29.8. The van der Waals surface area contributed by atoms with Gasteiger partial charge in [-0.25, -0.2) is 4.79 Å². The number of hydrogen-bond donors (Lipinski definition) is 4. The number of ether oxygens (including phenoxy) is 1. The van der Waals surface area contributed by atoms with Gasteiger partial charge in [0.15, 0.2) is 0 Å². The van der Waals surface area contributed by atoms with Crippen molar-refractivity contribution in [3.05, 3.63) is 83.9 Å². The van der Waals surface area contributed by atoms with E-state index in [0.29, 0.717) is 24.1 Å². The Morgan fingerprint density at radius 3 is 2.20 bits per heavy atom. The normalized spacial score (nSPS) is 16.9. The van der Waals surface area contributed by atoms with Crippen LogP contribution < -0.4 is 21.3 Å². The molecular formula is C31H38N4O6. The second-order valence-electron chi connectivity index (χ2n) is 10.2. The van der Waals surface area contributed by atoms with Gasteiger partial charge in [-0.05, 0) is 43.4 Å². The molecule has 0 aromatic heterocycles. The number of benzene rings is 2. The Kier molecular flexibility index (Phi) is 11.6. The van der Waals surface area contributed by atoms with Crippen molar-refractivity contribution in [3.8, 4) is 0 Å². The number of rotatable bonds is 13. The van der Waals surface area contributed by atoms with Gasteiger partial charge in [0.1, 0.15) is 12.1 Å². The second kappa shape index (κ2) is 15.4. The van der Waals surface area contributed by atoms with Crippen LogP contribution in [-0.2, 0) is 23.9 Å². The molecule has 1 saturated heterocycles. The topological polar surface area (TPSA) is 143 Å². The summed E-state index contributed by atoms with van der Waals surface area (Å²) in [5.41, 5.74) is 0.942. The first-order chi connectivity index (χ1) is 19.7. The van der Waals surface area contributed by atoms with Crippen molar-refractivity contribution in [2.24, 2.45) is 11.8 Å². The number of carbonyl (C=O) groups excluding carboxylic acids is 5. The highest BCUT2D eigenvalue weighted by Crippen LogP contribution is 2.19. The van der Waals surface area contributed by atoms with Gasteiger partial charge in [-0.1, -0.05) is 68.5 Å². The lowest BCUT2D eigenvalue weighted by Gasteiger charge is -2.27. The largest absolute Gasteiger partial charge is 0.463 e. The van der Waals surface area contributed by atoms with Crippen LogP contribution in [0.15, 0.2) is 72.8 Å². The van der Waals surface area contributed by atoms with Crippen LogP contribution in [0.5, 0.6) is 0 Å². The average molecular weight is 563 g/mol. The maximum Gasteiger partial charge on any atom is 0.330 e. The molecule has 0 radical (unpaired) electrons. The third-order valence-corrected chi connectivity index (χ3v) is 6.73. The summed E-state index contributed by atoms with van der Waals surface area (Å²) in [6, 6.07) is 14.6. The molecule has 0 saturated carbocycles. The predicted octanol–water partition coefficient (Wildman–Crippen LogP) is 2.43. The monoisotopic (exact) mass is 562 g/mol. The summed E-state index contributed by atoms with van der Waals surface area (Å²) in [7, 11) is 0. The molecule has 10 heteroatoms. The summed E-state index contributed by atoms with van der Waals surface area (Å²) in [5.74, 6) is -2.75. The Labute approximate surface area is 240 Å².